The van der Waals surface area contributed by atoms with Gasteiger partial charge in [0.25, 0.3) is 0 Å². The van der Waals surface area contributed by atoms with E-state index >= 15 is 0 Å². The molecule has 0 saturated carbocycles. The highest BCUT2D eigenvalue weighted by Gasteiger charge is 2.20. The molecule has 0 aliphatic rings. The summed E-state index contributed by atoms with van der Waals surface area (Å²) in [6, 6.07) is 14.4. The molecule has 170 valence electrons. The normalized spacial score (nSPS) is 11.1. The van der Waals surface area contributed by atoms with E-state index in [1.807, 2.05) is 37.3 Å². The van der Waals surface area contributed by atoms with Gasteiger partial charge in [0.05, 0.1) is 39.9 Å². The summed E-state index contributed by atoms with van der Waals surface area (Å²) in [5.74, 6) is 0.999. The van der Waals surface area contributed by atoms with Gasteiger partial charge < -0.3 is 24.4 Å². The molecule has 2 aromatic rings. The van der Waals surface area contributed by atoms with E-state index in [-0.39, 0.29) is 43.7 Å². The van der Waals surface area contributed by atoms with Crippen LogP contribution in [0.2, 0.25) is 0 Å². The van der Waals surface area contributed by atoms with Gasteiger partial charge in [0.1, 0.15) is 0 Å². The zero-order valence-electron chi connectivity index (χ0n) is 18.9. The molecule has 0 aliphatic heterocycles. The minimum Gasteiger partial charge on any atom is -0.493 e. The fourth-order valence-corrected chi connectivity index (χ4v) is 3.27. The Morgan fingerprint density at radius 1 is 1.03 bits per heavy atom. The van der Waals surface area contributed by atoms with Crippen LogP contribution in [0, 0.1) is 11.3 Å². The average molecular weight is 440 g/mol. The molecule has 0 radical (unpaired) electrons. The van der Waals surface area contributed by atoms with Crippen molar-refractivity contribution in [3.63, 3.8) is 0 Å². The zero-order valence-corrected chi connectivity index (χ0v) is 18.9. The number of carbonyl (C=O) groups excluding carboxylic acids is 2. The van der Waals surface area contributed by atoms with E-state index in [4.69, 9.17) is 19.5 Å². The summed E-state index contributed by atoms with van der Waals surface area (Å²) in [6.45, 7) is 2.12. The molecule has 0 saturated heterocycles. The molecule has 2 aromatic carbocycles. The van der Waals surface area contributed by atoms with Gasteiger partial charge >= 0.3 is 0 Å². The van der Waals surface area contributed by atoms with Crippen LogP contribution in [0.15, 0.2) is 42.5 Å². The molecule has 0 bridgehead atoms. The Morgan fingerprint density at radius 2 is 1.66 bits per heavy atom. The fraction of sp³-hybridized carbons (Fsp3) is 0.375. The standard InChI is InChI=1S/C24H29N3O5/c1-17(18-15-20(30-2)24(32-4)21(16-18)31-3)26-22(28)11-12-23(29)27(14-8-13-25)19-9-6-5-7-10-19/h5-7,9-10,15-17H,8,11-12,14H2,1-4H3,(H,26,28). The summed E-state index contributed by atoms with van der Waals surface area (Å²) in [5, 5.41) is 11.8. The predicted octanol–water partition coefficient (Wildman–Crippen LogP) is 3.62. The number of rotatable bonds is 11. The lowest BCUT2D eigenvalue weighted by Gasteiger charge is -2.22. The van der Waals surface area contributed by atoms with Crippen molar-refractivity contribution >= 4 is 17.5 Å². The molecule has 0 aromatic heterocycles. The van der Waals surface area contributed by atoms with Crippen molar-refractivity contribution < 1.29 is 23.8 Å². The van der Waals surface area contributed by atoms with Crippen LogP contribution in [0.3, 0.4) is 0 Å². The first-order valence-corrected chi connectivity index (χ1v) is 10.3. The van der Waals surface area contributed by atoms with E-state index in [9.17, 15) is 9.59 Å². The summed E-state index contributed by atoms with van der Waals surface area (Å²) in [5.41, 5.74) is 1.48. The maximum Gasteiger partial charge on any atom is 0.227 e. The number of ether oxygens (including phenoxy) is 3. The lowest BCUT2D eigenvalue weighted by Crippen LogP contribution is -2.33. The summed E-state index contributed by atoms with van der Waals surface area (Å²) >= 11 is 0. The highest BCUT2D eigenvalue weighted by Crippen LogP contribution is 2.39. The largest absolute Gasteiger partial charge is 0.493 e. The SMILES string of the molecule is COc1cc(C(C)NC(=O)CCC(=O)N(CCC#N)c2ccccc2)cc(OC)c1OC. The first kappa shape index (κ1) is 24.5. The summed E-state index contributed by atoms with van der Waals surface area (Å²) in [4.78, 5) is 26.8. The lowest BCUT2D eigenvalue weighted by atomic mass is 10.1. The minimum absolute atomic E-state index is 0.0312. The third-order valence-corrected chi connectivity index (χ3v) is 4.95. The number of hydrogen-bond donors (Lipinski definition) is 1. The number of hydrogen-bond acceptors (Lipinski definition) is 6. The average Bonchev–Trinajstić information content (AvgIpc) is 2.82. The van der Waals surface area contributed by atoms with Gasteiger partial charge in [-0.1, -0.05) is 18.2 Å². The van der Waals surface area contributed by atoms with Crippen LogP contribution < -0.4 is 24.4 Å². The van der Waals surface area contributed by atoms with Crippen LogP contribution in [-0.4, -0.2) is 39.7 Å². The van der Waals surface area contributed by atoms with Crippen molar-refractivity contribution in [3.05, 3.63) is 48.0 Å². The van der Waals surface area contributed by atoms with Gasteiger partial charge in [-0.05, 0) is 36.8 Å². The van der Waals surface area contributed by atoms with Crippen molar-refractivity contribution in [2.45, 2.75) is 32.2 Å². The molecule has 1 N–H and O–H groups in total. The maximum atomic E-state index is 12.7. The molecular formula is C24H29N3O5. The smallest absolute Gasteiger partial charge is 0.227 e. The number of benzene rings is 2. The summed E-state index contributed by atoms with van der Waals surface area (Å²) < 4.78 is 16.1. The van der Waals surface area contributed by atoms with E-state index in [0.717, 1.165) is 5.56 Å². The quantitative estimate of drug-likeness (QED) is 0.574. The van der Waals surface area contributed by atoms with Crippen LogP contribution >= 0.6 is 0 Å². The van der Waals surface area contributed by atoms with Crippen LogP contribution in [0.5, 0.6) is 17.2 Å². The van der Waals surface area contributed by atoms with Crippen molar-refractivity contribution in [2.75, 3.05) is 32.8 Å². The zero-order chi connectivity index (χ0) is 23.5. The molecule has 0 fully saturated rings. The Labute approximate surface area is 188 Å². The summed E-state index contributed by atoms with van der Waals surface area (Å²) in [6.07, 6.45) is 0.280. The molecule has 0 spiro atoms. The van der Waals surface area contributed by atoms with Gasteiger partial charge in [-0.2, -0.15) is 5.26 Å². The Hall–Kier alpha value is -3.73. The Morgan fingerprint density at radius 3 is 2.19 bits per heavy atom. The molecule has 0 heterocycles. The highest BCUT2D eigenvalue weighted by molar-refractivity contribution is 5.95. The van der Waals surface area contributed by atoms with E-state index in [2.05, 4.69) is 11.4 Å². The molecule has 32 heavy (non-hydrogen) atoms. The lowest BCUT2D eigenvalue weighted by molar-refractivity contribution is -0.125. The molecule has 0 aliphatic carbocycles. The number of para-hydroxylation sites is 1. The van der Waals surface area contributed by atoms with Crippen molar-refractivity contribution in [1.82, 2.24) is 5.32 Å². The topological polar surface area (TPSA) is 101 Å². The van der Waals surface area contributed by atoms with Gasteiger partial charge in [0, 0.05) is 25.1 Å². The number of nitrogens with one attached hydrogen (secondary N) is 1. The minimum atomic E-state index is -0.338. The van der Waals surface area contributed by atoms with Gasteiger partial charge in [-0.15, -0.1) is 0 Å². The Balaban J connectivity index is 2.02. The van der Waals surface area contributed by atoms with Gasteiger partial charge in [0.15, 0.2) is 11.5 Å². The third-order valence-electron chi connectivity index (χ3n) is 4.95. The maximum absolute atomic E-state index is 12.7. The highest BCUT2D eigenvalue weighted by atomic mass is 16.5. The monoisotopic (exact) mass is 439 g/mol. The van der Waals surface area contributed by atoms with Crippen LogP contribution in [0.25, 0.3) is 0 Å². The van der Waals surface area contributed by atoms with Gasteiger partial charge in [-0.3, -0.25) is 9.59 Å². The van der Waals surface area contributed by atoms with Gasteiger partial charge in [-0.25, -0.2) is 0 Å². The Kier molecular flexibility index (Phi) is 9.36. The number of nitrogens with zero attached hydrogens (tertiary/aromatic N) is 2. The molecule has 2 rings (SSSR count). The molecule has 2 amide bonds. The third kappa shape index (κ3) is 6.38. The molecule has 1 unspecified atom stereocenters. The van der Waals surface area contributed by atoms with Crippen molar-refractivity contribution in [2.24, 2.45) is 0 Å². The first-order chi connectivity index (χ1) is 15.4. The Bertz CT molecular complexity index is 931. The second kappa shape index (κ2) is 12.2. The van der Waals surface area contributed by atoms with Crippen molar-refractivity contribution in [3.8, 4) is 23.3 Å². The first-order valence-electron chi connectivity index (χ1n) is 10.3. The van der Waals surface area contributed by atoms with E-state index in [0.29, 0.717) is 22.9 Å². The van der Waals surface area contributed by atoms with E-state index < -0.39 is 0 Å². The van der Waals surface area contributed by atoms with Crippen LogP contribution in [0.4, 0.5) is 5.69 Å². The number of methoxy groups -OCH3 is 3. The van der Waals surface area contributed by atoms with E-state index in [1.165, 1.54) is 21.3 Å². The number of anilines is 1. The van der Waals surface area contributed by atoms with Crippen LogP contribution in [-0.2, 0) is 9.59 Å². The molecular weight excluding hydrogens is 410 g/mol. The summed E-state index contributed by atoms with van der Waals surface area (Å²) in [7, 11) is 4.58. The number of nitriles is 1. The second-order valence-corrected chi connectivity index (χ2v) is 7.04. The fourth-order valence-electron chi connectivity index (χ4n) is 3.27. The second-order valence-electron chi connectivity index (χ2n) is 7.04. The van der Waals surface area contributed by atoms with Gasteiger partial charge in [0.2, 0.25) is 17.6 Å². The molecule has 1 atom stereocenters. The van der Waals surface area contributed by atoms with Crippen molar-refractivity contribution in [1.29, 1.82) is 5.26 Å². The van der Waals surface area contributed by atoms with E-state index in [1.54, 1.807) is 17.0 Å². The number of carbonyl (C=O) groups is 2. The number of amides is 2. The molecule has 8 nitrogen and oxygen atoms in total. The predicted molar refractivity (Wildman–Crippen MR) is 121 cm³/mol. The van der Waals surface area contributed by atoms with Crippen LogP contribution in [0.1, 0.15) is 37.8 Å². The molecule has 8 heteroatoms.